The Morgan fingerprint density at radius 3 is 1.93 bits per heavy atom. The van der Waals surface area contributed by atoms with Crippen LogP contribution in [0.2, 0.25) is 0 Å². The van der Waals surface area contributed by atoms with Crippen molar-refractivity contribution in [3.63, 3.8) is 0 Å². The molecule has 0 saturated heterocycles. The molecule has 0 aliphatic heterocycles. The Bertz CT molecular complexity index is 245. The second-order valence-corrected chi connectivity index (χ2v) is 4.35. The van der Waals surface area contributed by atoms with Gasteiger partial charge in [-0.1, -0.05) is 6.58 Å². The van der Waals surface area contributed by atoms with Crippen LogP contribution in [0.5, 0.6) is 0 Å². The molecule has 0 spiro atoms. The van der Waals surface area contributed by atoms with Crippen molar-refractivity contribution in [3.8, 4) is 0 Å². The first-order valence-corrected chi connectivity index (χ1v) is 5.48. The first kappa shape index (κ1) is 13.7. The monoisotopic (exact) mass is 232 g/mol. The van der Waals surface area contributed by atoms with Crippen LogP contribution in [0.15, 0.2) is 12.4 Å². The van der Waals surface area contributed by atoms with Crippen LogP contribution in [0.3, 0.4) is 0 Å². The molecule has 7 heteroatoms. The first-order chi connectivity index (χ1) is 6.31. The van der Waals surface area contributed by atoms with Crippen molar-refractivity contribution in [1.29, 1.82) is 0 Å². The zero-order chi connectivity index (χ0) is 11.4. The molecule has 0 heterocycles. The summed E-state index contributed by atoms with van der Waals surface area (Å²) < 4.78 is 58.2. The zero-order valence-electron chi connectivity index (χ0n) is 7.93. The van der Waals surface area contributed by atoms with Crippen LogP contribution in [-0.2, 0) is 13.6 Å². The molecule has 0 aromatic carbocycles. The van der Waals surface area contributed by atoms with Gasteiger partial charge in [-0.3, -0.25) is 4.57 Å². The second kappa shape index (κ2) is 4.96. The number of rotatable bonds is 6. The highest BCUT2D eigenvalue weighted by Gasteiger charge is 2.56. The lowest BCUT2D eigenvalue weighted by Gasteiger charge is -2.23. The van der Waals surface area contributed by atoms with Crippen molar-refractivity contribution in [2.45, 2.75) is 19.5 Å². The van der Waals surface area contributed by atoms with E-state index < -0.39 is 19.1 Å². The summed E-state index contributed by atoms with van der Waals surface area (Å²) in [6.07, 6.45) is 0. The summed E-state index contributed by atoms with van der Waals surface area (Å²) in [4.78, 5) is 0. The van der Waals surface area contributed by atoms with E-state index in [2.05, 4.69) is 15.6 Å². The Kier molecular flexibility index (Phi) is 4.84. The van der Waals surface area contributed by atoms with Crippen molar-refractivity contribution in [2.24, 2.45) is 0 Å². The van der Waals surface area contributed by atoms with E-state index in [0.29, 0.717) is 0 Å². The molecule has 0 bridgehead atoms. The van der Waals surface area contributed by atoms with E-state index in [-0.39, 0.29) is 13.2 Å². The van der Waals surface area contributed by atoms with Crippen LogP contribution in [0.4, 0.5) is 13.2 Å². The van der Waals surface area contributed by atoms with Gasteiger partial charge in [0.2, 0.25) is 0 Å². The Labute approximate surface area is 80.4 Å². The molecule has 0 unspecified atom stereocenters. The molecule has 0 aromatic heterocycles. The van der Waals surface area contributed by atoms with E-state index in [0.717, 1.165) is 0 Å². The maximum absolute atomic E-state index is 13.0. The van der Waals surface area contributed by atoms with Gasteiger partial charge in [-0.05, 0) is 13.8 Å². The lowest BCUT2D eigenvalue weighted by molar-refractivity contribution is 0.0520. The molecule has 0 aliphatic rings. The average molecular weight is 232 g/mol. The number of hydrogen-bond donors (Lipinski definition) is 0. The van der Waals surface area contributed by atoms with Gasteiger partial charge in [0.1, 0.15) is 0 Å². The van der Waals surface area contributed by atoms with Gasteiger partial charge in [0.15, 0.2) is 5.83 Å². The topological polar surface area (TPSA) is 35.5 Å². The number of alkyl halides is 2. The summed E-state index contributed by atoms with van der Waals surface area (Å²) in [6.45, 7) is 4.58. The Morgan fingerprint density at radius 2 is 1.71 bits per heavy atom. The van der Waals surface area contributed by atoms with Crippen LogP contribution in [0.25, 0.3) is 0 Å². The Hall–Kier alpha value is -0.320. The molecule has 0 aromatic rings. The third-order valence-corrected chi connectivity index (χ3v) is 3.40. The summed E-state index contributed by atoms with van der Waals surface area (Å²) in [6, 6.07) is 0. The molecule has 0 rings (SSSR count). The van der Waals surface area contributed by atoms with E-state index in [1.54, 1.807) is 0 Å². The fraction of sp³-hybridized carbons (Fsp3) is 0.714. The van der Waals surface area contributed by atoms with Gasteiger partial charge in [-0.25, -0.2) is 4.39 Å². The van der Waals surface area contributed by atoms with Gasteiger partial charge in [-0.15, -0.1) is 0 Å². The fourth-order valence-electron chi connectivity index (χ4n) is 0.688. The molecular weight excluding hydrogens is 220 g/mol. The first-order valence-electron chi connectivity index (χ1n) is 3.93. The van der Waals surface area contributed by atoms with E-state index in [1.165, 1.54) is 13.8 Å². The highest BCUT2D eigenvalue weighted by molar-refractivity contribution is 7.55. The van der Waals surface area contributed by atoms with E-state index in [1.807, 2.05) is 0 Å². The smallest absolute Gasteiger partial charge is 0.304 e. The Balaban J connectivity index is 4.99. The minimum absolute atomic E-state index is 0.264. The number of hydrogen-bond acceptors (Lipinski definition) is 3. The van der Waals surface area contributed by atoms with Crippen LogP contribution in [0, 0.1) is 0 Å². The molecule has 14 heavy (non-hydrogen) atoms. The normalized spacial score (nSPS) is 12.9. The second-order valence-electron chi connectivity index (χ2n) is 2.28. The highest BCUT2D eigenvalue weighted by atomic mass is 31.2. The fourth-order valence-corrected chi connectivity index (χ4v) is 2.06. The van der Waals surface area contributed by atoms with Gasteiger partial charge < -0.3 is 9.05 Å². The van der Waals surface area contributed by atoms with Crippen molar-refractivity contribution < 1.29 is 26.8 Å². The molecule has 0 N–H and O–H groups in total. The van der Waals surface area contributed by atoms with E-state index in [9.17, 15) is 17.7 Å². The Morgan fingerprint density at radius 1 is 1.36 bits per heavy atom. The van der Waals surface area contributed by atoms with Gasteiger partial charge >= 0.3 is 13.3 Å². The molecule has 0 aliphatic carbocycles. The molecule has 84 valence electrons. The predicted octanol–water partition coefficient (Wildman–Crippen LogP) is 3.33. The molecule has 0 saturated carbocycles. The highest BCUT2D eigenvalue weighted by Crippen LogP contribution is 2.64. The molecule has 0 atom stereocenters. The SMILES string of the molecule is C=C(F)C(F)(F)P(=O)(OCC)OCC. The molecule has 0 amide bonds. The van der Waals surface area contributed by atoms with Gasteiger partial charge in [0.25, 0.3) is 0 Å². The van der Waals surface area contributed by atoms with Gasteiger partial charge in [0.05, 0.1) is 13.2 Å². The maximum atomic E-state index is 13.0. The molecule has 0 radical (unpaired) electrons. The third-order valence-electron chi connectivity index (χ3n) is 1.27. The number of halogens is 3. The molecule has 0 fully saturated rings. The minimum Gasteiger partial charge on any atom is -0.304 e. The van der Waals surface area contributed by atoms with E-state index >= 15 is 0 Å². The molecular formula is C7H12F3O3P. The average Bonchev–Trinajstić information content (AvgIpc) is 2.04. The quantitative estimate of drug-likeness (QED) is 0.659. The summed E-state index contributed by atoms with van der Waals surface area (Å²) in [5.41, 5.74) is -4.29. The van der Waals surface area contributed by atoms with Crippen LogP contribution >= 0.6 is 7.60 Å². The summed E-state index contributed by atoms with van der Waals surface area (Å²) >= 11 is 0. The number of allylic oxidation sites excluding steroid dienone is 1. The summed E-state index contributed by atoms with van der Waals surface area (Å²) in [7, 11) is -4.79. The van der Waals surface area contributed by atoms with E-state index in [4.69, 9.17) is 0 Å². The predicted molar refractivity (Wildman–Crippen MR) is 46.1 cm³/mol. The van der Waals surface area contributed by atoms with Crippen molar-refractivity contribution in [1.82, 2.24) is 0 Å². The summed E-state index contributed by atoms with van der Waals surface area (Å²) in [5.74, 6) is -2.03. The van der Waals surface area contributed by atoms with Crippen LogP contribution in [0.1, 0.15) is 13.8 Å². The van der Waals surface area contributed by atoms with Crippen molar-refractivity contribution >= 4 is 7.60 Å². The summed E-state index contributed by atoms with van der Waals surface area (Å²) in [5, 5.41) is 0. The lowest BCUT2D eigenvalue weighted by Crippen LogP contribution is -2.20. The van der Waals surface area contributed by atoms with Crippen molar-refractivity contribution in [3.05, 3.63) is 12.4 Å². The van der Waals surface area contributed by atoms with Gasteiger partial charge in [-0.2, -0.15) is 8.78 Å². The minimum atomic E-state index is -4.79. The standard InChI is InChI=1S/C7H12F3O3P/c1-4-12-14(11,13-5-2)7(9,10)6(3)8/h3-5H2,1-2H3. The lowest BCUT2D eigenvalue weighted by atomic mass is 10.6. The van der Waals surface area contributed by atoms with Crippen LogP contribution < -0.4 is 0 Å². The van der Waals surface area contributed by atoms with Gasteiger partial charge in [0, 0.05) is 0 Å². The molecule has 3 nitrogen and oxygen atoms in total. The third kappa shape index (κ3) is 2.59. The largest absolute Gasteiger partial charge is 0.406 e. The zero-order valence-corrected chi connectivity index (χ0v) is 8.82. The van der Waals surface area contributed by atoms with Crippen molar-refractivity contribution in [2.75, 3.05) is 13.2 Å². The maximum Gasteiger partial charge on any atom is 0.406 e. The van der Waals surface area contributed by atoms with Crippen LogP contribution in [-0.4, -0.2) is 18.9 Å².